The minimum atomic E-state index is -4.49. The summed E-state index contributed by atoms with van der Waals surface area (Å²) in [5, 5.41) is 5.53. The fourth-order valence-electron chi connectivity index (χ4n) is 4.23. The minimum absolute atomic E-state index is 0.000821. The summed E-state index contributed by atoms with van der Waals surface area (Å²) in [6.07, 6.45) is -3.57. The maximum Gasteiger partial charge on any atom is 0.416 e. The summed E-state index contributed by atoms with van der Waals surface area (Å²) in [4.78, 5) is 27.9. The number of piperidine rings is 1. The molecule has 14 heteroatoms. The Labute approximate surface area is 223 Å². The fraction of sp³-hybridized carbons (Fsp3) is 0.360. The molecular weight excluding hydrogens is 537 g/mol. The molecule has 0 bridgehead atoms. The Morgan fingerprint density at radius 3 is 2.33 bits per heavy atom. The van der Waals surface area contributed by atoms with E-state index < -0.39 is 21.9 Å². The van der Waals surface area contributed by atoms with Crippen molar-refractivity contribution in [2.24, 2.45) is 5.92 Å². The maximum absolute atomic E-state index is 13.2. The van der Waals surface area contributed by atoms with Gasteiger partial charge in [0.25, 0.3) is 10.1 Å². The summed E-state index contributed by atoms with van der Waals surface area (Å²) in [6.45, 7) is 0.700. The molecule has 2 aromatic carbocycles. The molecule has 4 rings (SSSR count). The van der Waals surface area contributed by atoms with E-state index in [9.17, 15) is 26.4 Å². The van der Waals surface area contributed by atoms with Gasteiger partial charge in [-0.2, -0.15) is 36.5 Å². The van der Waals surface area contributed by atoms with Crippen LogP contribution in [-0.4, -0.2) is 56.5 Å². The third kappa shape index (κ3) is 6.63. The number of nitrogens with zero attached hydrogens (tertiary/aromatic N) is 4. The molecular formula is C25H27F3N6O4S. The van der Waals surface area contributed by atoms with Crippen LogP contribution >= 0.6 is 0 Å². The molecule has 208 valence electrons. The molecule has 2 heterocycles. The molecule has 1 fully saturated rings. The first-order valence-corrected chi connectivity index (χ1v) is 13.5. The number of anilines is 2. The van der Waals surface area contributed by atoms with Crippen LogP contribution < -0.4 is 15.5 Å². The summed E-state index contributed by atoms with van der Waals surface area (Å²) in [6, 6.07) is 11.1. The van der Waals surface area contributed by atoms with Crippen molar-refractivity contribution >= 4 is 27.9 Å². The van der Waals surface area contributed by atoms with E-state index in [0.717, 1.165) is 13.2 Å². The Bertz CT molecular complexity index is 1430. The van der Waals surface area contributed by atoms with Gasteiger partial charge < -0.3 is 15.5 Å². The average molecular weight is 565 g/mol. The summed E-state index contributed by atoms with van der Waals surface area (Å²) in [5.74, 6) is 0.362. The Morgan fingerprint density at radius 1 is 1.05 bits per heavy atom. The van der Waals surface area contributed by atoms with Crippen molar-refractivity contribution < 1.29 is 30.6 Å². The molecule has 0 saturated carbocycles. The highest BCUT2D eigenvalue weighted by Crippen LogP contribution is 2.32. The summed E-state index contributed by atoms with van der Waals surface area (Å²) < 4.78 is 68.0. The second kappa shape index (κ2) is 11.5. The standard InChI is InChI=1S/C25H27F3N6O4S/c1-29-23-31-21(16-7-9-19(10-8-16)39(36,37)38-2)32-24(33-23)34-13-11-17(12-14-34)22(35)30-15-18-5-3-4-6-20(18)25(26,27)28/h3-10,17H,11-15H2,1-2H3,(H,30,35)(H,29,31,32,33). The lowest BCUT2D eigenvalue weighted by Crippen LogP contribution is -2.41. The Morgan fingerprint density at radius 2 is 1.72 bits per heavy atom. The number of benzene rings is 2. The number of rotatable bonds is 8. The third-order valence-corrected chi connectivity index (χ3v) is 7.68. The predicted molar refractivity (Wildman–Crippen MR) is 137 cm³/mol. The van der Waals surface area contributed by atoms with Crippen molar-refractivity contribution in [3.8, 4) is 11.4 Å². The van der Waals surface area contributed by atoms with Gasteiger partial charge in [-0.3, -0.25) is 8.98 Å². The van der Waals surface area contributed by atoms with Crippen LogP contribution in [-0.2, 0) is 31.8 Å². The van der Waals surface area contributed by atoms with E-state index in [2.05, 4.69) is 29.8 Å². The van der Waals surface area contributed by atoms with E-state index in [1.807, 2.05) is 4.90 Å². The van der Waals surface area contributed by atoms with Gasteiger partial charge in [-0.05, 0) is 48.7 Å². The molecule has 10 nitrogen and oxygen atoms in total. The molecule has 1 amide bonds. The molecule has 0 spiro atoms. The molecule has 1 saturated heterocycles. The van der Waals surface area contributed by atoms with Crippen molar-refractivity contribution in [2.45, 2.75) is 30.5 Å². The van der Waals surface area contributed by atoms with Gasteiger partial charge in [-0.1, -0.05) is 18.2 Å². The molecule has 3 aromatic rings. The highest BCUT2D eigenvalue weighted by molar-refractivity contribution is 7.86. The number of amides is 1. The summed E-state index contributed by atoms with van der Waals surface area (Å²) in [5.41, 5.74) is -0.180. The van der Waals surface area contributed by atoms with E-state index in [1.54, 1.807) is 19.2 Å². The Kier molecular flexibility index (Phi) is 8.35. The van der Waals surface area contributed by atoms with Crippen LogP contribution in [0.3, 0.4) is 0 Å². The van der Waals surface area contributed by atoms with Crippen LogP contribution in [0.1, 0.15) is 24.0 Å². The first-order valence-electron chi connectivity index (χ1n) is 12.0. The van der Waals surface area contributed by atoms with Crippen molar-refractivity contribution in [2.75, 3.05) is 37.5 Å². The lowest BCUT2D eigenvalue weighted by atomic mass is 9.96. The summed E-state index contributed by atoms with van der Waals surface area (Å²) in [7, 11) is -1.09. The highest BCUT2D eigenvalue weighted by atomic mass is 32.2. The number of hydrogen-bond donors (Lipinski definition) is 2. The SMILES string of the molecule is CNc1nc(-c2ccc(S(=O)(=O)OC)cc2)nc(N2CCC(C(=O)NCc3ccccc3C(F)(F)F)CC2)n1. The second-order valence-electron chi connectivity index (χ2n) is 8.81. The monoisotopic (exact) mass is 564 g/mol. The average Bonchev–Trinajstić information content (AvgIpc) is 2.95. The molecule has 0 radical (unpaired) electrons. The minimum Gasteiger partial charge on any atom is -0.357 e. The number of alkyl halides is 3. The second-order valence-corrected chi connectivity index (χ2v) is 10.5. The van der Waals surface area contributed by atoms with Crippen molar-refractivity contribution in [1.29, 1.82) is 0 Å². The molecule has 0 unspecified atom stereocenters. The van der Waals surface area contributed by atoms with Crippen LogP contribution in [0.25, 0.3) is 11.4 Å². The van der Waals surface area contributed by atoms with Gasteiger partial charge in [-0.25, -0.2) is 0 Å². The third-order valence-electron chi connectivity index (χ3n) is 6.39. The van der Waals surface area contributed by atoms with E-state index in [-0.39, 0.29) is 28.8 Å². The van der Waals surface area contributed by atoms with Crippen LogP contribution in [0, 0.1) is 5.92 Å². The van der Waals surface area contributed by atoms with Gasteiger partial charge in [0.2, 0.25) is 17.8 Å². The van der Waals surface area contributed by atoms with Gasteiger partial charge in [0.15, 0.2) is 5.82 Å². The van der Waals surface area contributed by atoms with E-state index in [4.69, 9.17) is 0 Å². The van der Waals surface area contributed by atoms with Gasteiger partial charge in [0.1, 0.15) is 0 Å². The number of nitrogens with one attached hydrogen (secondary N) is 2. The van der Waals surface area contributed by atoms with Crippen LogP contribution in [0.2, 0.25) is 0 Å². The quantitative estimate of drug-likeness (QED) is 0.396. The lowest BCUT2D eigenvalue weighted by molar-refractivity contribution is -0.138. The zero-order chi connectivity index (χ0) is 28.2. The van der Waals surface area contributed by atoms with Crippen molar-refractivity contribution in [3.05, 3.63) is 59.7 Å². The topological polar surface area (TPSA) is 126 Å². The Balaban J connectivity index is 1.42. The first-order chi connectivity index (χ1) is 18.5. The number of aromatic nitrogens is 3. The van der Waals surface area contributed by atoms with E-state index in [1.165, 1.54) is 30.3 Å². The largest absolute Gasteiger partial charge is 0.416 e. The van der Waals surface area contributed by atoms with Crippen molar-refractivity contribution in [3.63, 3.8) is 0 Å². The van der Waals surface area contributed by atoms with Crippen LogP contribution in [0.4, 0.5) is 25.1 Å². The maximum atomic E-state index is 13.2. The number of halogens is 3. The summed E-state index contributed by atoms with van der Waals surface area (Å²) >= 11 is 0. The van der Waals surface area contributed by atoms with Crippen molar-refractivity contribution in [1.82, 2.24) is 20.3 Å². The molecule has 1 aliphatic rings. The van der Waals surface area contributed by atoms with E-state index in [0.29, 0.717) is 49.2 Å². The molecule has 39 heavy (non-hydrogen) atoms. The van der Waals surface area contributed by atoms with Gasteiger partial charge in [-0.15, -0.1) is 0 Å². The molecule has 0 atom stereocenters. The van der Waals surface area contributed by atoms with Gasteiger partial charge in [0, 0.05) is 38.2 Å². The zero-order valence-corrected chi connectivity index (χ0v) is 22.0. The number of carbonyl (C=O) groups excluding carboxylic acids is 1. The smallest absolute Gasteiger partial charge is 0.357 e. The molecule has 1 aliphatic heterocycles. The number of hydrogen-bond acceptors (Lipinski definition) is 9. The van der Waals surface area contributed by atoms with Crippen LogP contribution in [0.5, 0.6) is 0 Å². The fourth-order valence-corrected chi connectivity index (χ4v) is 4.90. The normalized spacial score (nSPS) is 14.7. The number of carbonyl (C=O) groups is 1. The highest BCUT2D eigenvalue weighted by Gasteiger charge is 2.33. The van der Waals surface area contributed by atoms with E-state index >= 15 is 0 Å². The first kappa shape index (κ1) is 28.2. The van der Waals surface area contributed by atoms with Gasteiger partial charge in [0.05, 0.1) is 17.6 Å². The Hall–Kier alpha value is -3.78. The molecule has 2 N–H and O–H groups in total. The molecule has 1 aromatic heterocycles. The lowest BCUT2D eigenvalue weighted by Gasteiger charge is -2.31. The predicted octanol–water partition coefficient (Wildman–Crippen LogP) is 3.47. The van der Waals surface area contributed by atoms with Gasteiger partial charge >= 0.3 is 6.18 Å². The van der Waals surface area contributed by atoms with Crippen LogP contribution in [0.15, 0.2) is 53.4 Å². The molecule has 0 aliphatic carbocycles. The zero-order valence-electron chi connectivity index (χ0n) is 21.2.